The number of piperazine rings is 1. The van der Waals surface area contributed by atoms with Crippen LogP contribution in [0.3, 0.4) is 0 Å². The summed E-state index contributed by atoms with van der Waals surface area (Å²) in [6.07, 6.45) is 1.70. The number of fused-ring (bicyclic) bond motifs is 1. The number of aromatic nitrogens is 2. The monoisotopic (exact) mass is 442 g/mol. The normalized spacial score (nSPS) is 15.1. The van der Waals surface area contributed by atoms with Gasteiger partial charge in [-0.05, 0) is 35.9 Å². The number of nitrogens with zero attached hydrogens (tertiary/aromatic N) is 3. The second-order valence-corrected chi connectivity index (χ2v) is 7.66. The predicted molar refractivity (Wildman–Crippen MR) is 108 cm³/mol. The van der Waals surface area contributed by atoms with E-state index in [1.54, 1.807) is 18.3 Å². The lowest BCUT2D eigenvalue weighted by atomic mass is 10.1. The van der Waals surface area contributed by atoms with Gasteiger partial charge in [-0.15, -0.1) is 0 Å². The topological polar surface area (TPSA) is 89.5 Å². The Bertz CT molecular complexity index is 1010. The lowest BCUT2D eigenvalue weighted by molar-refractivity contribution is 0.0623. The number of nitrogens with one attached hydrogen (secondary N) is 1. The minimum atomic E-state index is -0.938. The third-order valence-electron chi connectivity index (χ3n) is 4.98. The highest BCUT2D eigenvalue weighted by atomic mass is 79.9. The van der Waals surface area contributed by atoms with E-state index in [2.05, 4.69) is 30.8 Å². The molecule has 1 aromatic carbocycles. The summed E-state index contributed by atoms with van der Waals surface area (Å²) < 4.78 is 0.788. The Kier molecular flexibility index (Phi) is 5.15. The van der Waals surface area contributed by atoms with E-state index in [1.807, 2.05) is 29.2 Å². The summed E-state index contributed by atoms with van der Waals surface area (Å²) in [6, 6.07) is 10.7. The van der Waals surface area contributed by atoms with Gasteiger partial charge in [-0.2, -0.15) is 0 Å². The van der Waals surface area contributed by atoms with Gasteiger partial charge in [0.25, 0.3) is 5.91 Å². The molecule has 0 saturated carbocycles. The number of carboxylic acid groups (broad SMARTS) is 1. The van der Waals surface area contributed by atoms with E-state index in [1.165, 1.54) is 0 Å². The molecule has 1 fully saturated rings. The number of aromatic carboxylic acids is 1. The standard InChI is InChI=1S/C20H19BrN4O3/c21-16-10-14(20(27)28)3-4-15(16)12-24-6-8-25(9-7-24)19(26)17-11-13-2-1-5-22-18(13)23-17/h1-5,10-11H,6-9,12H2,(H,22,23)(H,27,28). The molecule has 3 heterocycles. The van der Waals surface area contributed by atoms with Crippen LogP contribution in [0.2, 0.25) is 0 Å². The van der Waals surface area contributed by atoms with Crippen LogP contribution >= 0.6 is 15.9 Å². The molecular formula is C20H19BrN4O3. The first kappa shape index (κ1) is 18.6. The van der Waals surface area contributed by atoms with E-state index >= 15 is 0 Å². The molecule has 2 aromatic heterocycles. The maximum Gasteiger partial charge on any atom is 0.335 e. The zero-order chi connectivity index (χ0) is 19.7. The molecule has 1 aliphatic rings. The molecule has 0 radical (unpaired) electrons. The number of pyridine rings is 1. The molecule has 0 aliphatic carbocycles. The number of aromatic amines is 1. The Morgan fingerprint density at radius 3 is 2.61 bits per heavy atom. The molecule has 28 heavy (non-hydrogen) atoms. The third-order valence-corrected chi connectivity index (χ3v) is 5.71. The van der Waals surface area contributed by atoms with Crippen LogP contribution in [-0.2, 0) is 6.54 Å². The van der Waals surface area contributed by atoms with Crippen LogP contribution in [0, 0.1) is 0 Å². The van der Waals surface area contributed by atoms with Gasteiger partial charge >= 0.3 is 5.97 Å². The molecule has 4 rings (SSSR count). The van der Waals surface area contributed by atoms with Gasteiger partial charge in [0.05, 0.1) is 5.56 Å². The van der Waals surface area contributed by atoms with Crippen molar-refractivity contribution in [3.63, 3.8) is 0 Å². The molecule has 1 aliphatic heterocycles. The van der Waals surface area contributed by atoms with E-state index in [0.717, 1.165) is 34.2 Å². The van der Waals surface area contributed by atoms with Crippen molar-refractivity contribution in [3.05, 3.63) is 63.9 Å². The van der Waals surface area contributed by atoms with Crippen molar-refractivity contribution in [1.29, 1.82) is 0 Å². The summed E-state index contributed by atoms with van der Waals surface area (Å²) in [6.45, 7) is 3.52. The second kappa shape index (κ2) is 7.73. The maximum atomic E-state index is 12.8. The number of H-pyrrole nitrogens is 1. The van der Waals surface area contributed by atoms with Crippen molar-refractivity contribution in [2.45, 2.75) is 6.54 Å². The Balaban J connectivity index is 1.38. The summed E-state index contributed by atoms with van der Waals surface area (Å²) in [4.78, 5) is 35.3. The van der Waals surface area contributed by atoms with E-state index < -0.39 is 5.97 Å². The van der Waals surface area contributed by atoms with Crippen LogP contribution in [0.25, 0.3) is 11.0 Å². The van der Waals surface area contributed by atoms with Crippen LogP contribution in [0.4, 0.5) is 0 Å². The summed E-state index contributed by atoms with van der Waals surface area (Å²) in [7, 11) is 0. The third kappa shape index (κ3) is 3.79. The average Bonchev–Trinajstić information content (AvgIpc) is 3.13. The molecule has 0 unspecified atom stereocenters. The highest BCUT2D eigenvalue weighted by molar-refractivity contribution is 9.10. The van der Waals surface area contributed by atoms with E-state index in [9.17, 15) is 9.59 Å². The van der Waals surface area contributed by atoms with E-state index in [4.69, 9.17) is 5.11 Å². The quantitative estimate of drug-likeness (QED) is 0.647. The molecule has 0 bridgehead atoms. The minimum Gasteiger partial charge on any atom is -0.478 e. The largest absolute Gasteiger partial charge is 0.478 e. The first-order chi connectivity index (χ1) is 13.5. The van der Waals surface area contributed by atoms with Crippen molar-refractivity contribution < 1.29 is 14.7 Å². The fourth-order valence-electron chi connectivity index (χ4n) is 3.40. The average molecular weight is 443 g/mol. The zero-order valence-electron chi connectivity index (χ0n) is 15.1. The van der Waals surface area contributed by atoms with Crippen molar-refractivity contribution in [2.24, 2.45) is 0 Å². The van der Waals surface area contributed by atoms with Crippen molar-refractivity contribution >= 4 is 38.8 Å². The van der Waals surface area contributed by atoms with Gasteiger partial charge in [0.1, 0.15) is 11.3 Å². The Labute approximate surface area is 170 Å². The fourth-order valence-corrected chi connectivity index (χ4v) is 3.91. The van der Waals surface area contributed by atoms with Gasteiger partial charge in [-0.25, -0.2) is 9.78 Å². The molecule has 1 amide bonds. The molecule has 8 heteroatoms. The summed E-state index contributed by atoms with van der Waals surface area (Å²) in [5.74, 6) is -0.948. The SMILES string of the molecule is O=C(O)c1ccc(CN2CCN(C(=O)c3cc4cccnc4[nH]3)CC2)c(Br)c1. The molecule has 144 valence electrons. The zero-order valence-corrected chi connectivity index (χ0v) is 16.6. The van der Waals surface area contributed by atoms with Crippen LogP contribution in [-0.4, -0.2) is 62.9 Å². The molecule has 2 N–H and O–H groups in total. The smallest absolute Gasteiger partial charge is 0.335 e. The van der Waals surface area contributed by atoms with Gasteiger partial charge in [-0.1, -0.05) is 22.0 Å². The summed E-state index contributed by atoms with van der Waals surface area (Å²) in [5, 5.41) is 10.00. The van der Waals surface area contributed by atoms with Crippen molar-refractivity contribution in [1.82, 2.24) is 19.8 Å². The molecule has 3 aromatic rings. The number of rotatable bonds is 4. The Hall–Kier alpha value is -2.71. The fraction of sp³-hybridized carbons (Fsp3) is 0.250. The Morgan fingerprint density at radius 1 is 1.14 bits per heavy atom. The number of benzene rings is 1. The van der Waals surface area contributed by atoms with Crippen LogP contribution in [0.1, 0.15) is 26.4 Å². The first-order valence-corrected chi connectivity index (χ1v) is 9.77. The summed E-state index contributed by atoms with van der Waals surface area (Å²) in [5.41, 5.74) is 2.58. The number of carboxylic acids is 1. The number of hydrogen-bond acceptors (Lipinski definition) is 4. The van der Waals surface area contributed by atoms with Gasteiger partial charge in [-0.3, -0.25) is 9.69 Å². The van der Waals surface area contributed by atoms with Gasteiger partial charge in [0, 0.05) is 48.8 Å². The van der Waals surface area contributed by atoms with Crippen LogP contribution < -0.4 is 0 Å². The summed E-state index contributed by atoms with van der Waals surface area (Å²) >= 11 is 3.46. The Morgan fingerprint density at radius 2 is 1.93 bits per heavy atom. The predicted octanol–water partition coefficient (Wildman–Crippen LogP) is 2.98. The van der Waals surface area contributed by atoms with Crippen molar-refractivity contribution in [3.8, 4) is 0 Å². The molecular weight excluding hydrogens is 424 g/mol. The van der Waals surface area contributed by atoms with E-state index in [0.29, 0.717) is 25.3 Å². The maximum absolute atomic E-state index is 12.8. The molecule has 0 spiro atoms. The first-order valence-electron chi connectivity index (χ1n) is 8.98. The molecule has 7 nitrogen and oxygen atoms in total. The lowest BCUT2D eigenvalue weighted by Crippen LogP contribution is -2.48. The number of carbonyl (C=O) groups excluding carboxylic acids is 1. The molecule has 1 saturated heterocycles. The second-order valence-electron chi connectivity index (χ2n) is 6.80. The number of amides is 1. The highest BCUT2D eigenvalue weighted by Crippen LogP contribution is 2.22. The van der Waals surface area contributed by atoms with E-state index in [-0.39, 0.29) is 11.5 Å². The number of carbonyl (C=O) groups is 2. The highest BCUT2D eigenvalue weighted by Gasteiger charge is 2.24. The van der Waals surface area contributed by atoms with Crippen LogP contribution in [0.5, 0.6) is 0 Å². The molecule has 0 atom stereocenters. The number of halogens is 1. The van der Waals surface area contributed by atoms with Crippen molar-refractivity contribution in [2.75, 3.05) is 26.2 Å². The lowest BCUT2D eigenvalue weighted by Gasteiger charge is -2.34. The van der Waals surface area contributed by atoms with Gasteiger partial charge < -0.3 is 15.0 Å². The van der Waals surface area contributed by atoms with Gasteiger partial charge in [0.2, 0.25) is 0 Å². The van der Waals surface area contributed by atoms with Crippen LogP contribution in [0.15, 0.2) is 47.1 Å². The van der Waals surface area contributed by atoms with Gasteiger partial charge in [0.15, 0.2) is 0 Å². The number of hydrogen-bond donors (Lipinski definition) is 2. The minimum absolute atomic E-state index is 0.00959.